The molecule has 1 aliphatic heterocycles. The van der Waals surface area contributed by atoms with Gasteiger partial charge in [-0.3, -0.25) is 0 Å². The second-order valence-electron chi connectivity index (χ2n) is 8.05. The summed E-state index contributed by atoms with van der Waals surface area (Å²) >= 11 is 3.51. The third-order valence-corrected chi connectivity index (χ3v) is 6.47. The minimum absolute atomic E-state index is 0.0267. The number of halogens is 1. The first kappa shape index (κ1) is 18.2. The molecule has 0 spiro atoms. The van der Waals surface area contributed by atoms with Gasteiger partial charge in [-0.25, -0.2) is 0 Å². The lowest BCUT2D eigenvalue weighted by atomic mass is 9.73. The van der Waals surface area contributed by atoms with Crippen molar-refractivity contribution in [1.29, 1.82) is 0 Å². The lowest BCUT2D eigenvalue weighted by Gasteiger charge is -2.42. The lowest BCUT2D eigenvalue weighted by molar-refractivity contribution is 0.632. The van der Waals surface area contributed by atoms with E-state index in [2.05, 4.69) is 132 Å². The van der Waals surface area contributed by atoms with Gasteiger partial charge in [0.2, 0.25) is 0 Å². The van der Waals surface area contributed by atoms with Crippen LogP contribution in [0.5, 0.6) is 0 Å². The molecule has 0 atom stereocenters. The van der Waals surface area contributed by atoms with Crippen molar-refractivity contribution in [2.24, 2.45) is 0 Å². The highest BCUT2D eigenvalue weighted by Gasteiger charge is 2.36. The molecule has 0 aromatic heterocycles. The Hall–Kier alpha value is -2.84. The molecule has 4 aromatic carbocycles. The van der Waals surface area contributed by atoms with Gasteiger partial charge in [0, 0.05) is 15.6 Å². The monoisotopic (exact) mass is 439 g/mol. The molecule has 29 heavy (non-hydrogen) atoms. The largest absolute Gasteiger partial charge is 0.310 e. The molecular weight excluding hydrogens is 418 g/mol. The van der Waals surface area contributed by atoms with Gasteiger partial charge < -0.3 is 4.90 Å². The first-order valence-electron chi connectivity index (χ1n) is 9.91. The zero-order valence-electron chi connectivity index (χ0n) is 16.6. The summed E-state index contributed by atoms with van der Waals surface area (Å²) < 4.78 is 1.10. The van der Waals surface area contributed by atoms with Gasteiger partial charge in [0.25, 0.3) is 0 Å². The average Bonchev–Trinajstić information content (AvgIpc) is 2.75. The summed E-state index contributed by atoms with van der Waals surface area (Å²) in [5, 5.41) is 0. The molecule has 0 aliphatic carbocycles. The van der Waals surface area contributed by atoms with E-state index in [1.807, 2.05) is 0 Å². The van der Waals surface area contributed by atoms with Crippen LogP contribution in [-0.2, 0) is 5.41 Å². The van der Waals surface area contributed by atoms with Gasteiger partial charge in [-0.15, -0.1) is 0 Å². The molecule has 1 heterocycles. The molecule has 0 saturated carbocycles. The highest BCUT2D eigenvalue weighted by atomic mass is 79.9. The normalized spacial score (nSPS) is 14.2. The van der Waals surface area contributed by atoms with E-state index in [1.54, 1.807) is 0 Å². The Kier molecular flexibility index (Phi) is 4.33. The molecule has 0 amide bonds. The van der Waals surface area contributed by atoms with Crippen LogP contribution in [0, 0.1) is 0 Å². The Bertz CT molecular complexity index is 1120. The maximum Gasteiger partial charge on any atom is 0.0502 e. The van der Waals surface area contributed by atoms with E-state index in [0.29, 0.717) is 0 Å². The Morgan fingerprint density at radius 1 is 0.586 bits per heavy atom. The Labute approximate surface area is 180 Å². The average molecular weight is 440 g/mol. The number of hydrogen-bond acceptors (Lipinski definition) is 1. The molecule has 0 saturated heterocycles. The highest BCUT2D eigenvalue weighted by Crippen LogP contribution is 2.51. The molecule has 0 bridgehead atoms. The van der Waals surface area contributed by atoms with Gasteiger partial charge in [-0.05, 0) is 58.7 Å². The Morgan fingerprint density at radius 3 is 1.55 bits per heavy atom. The van der Waals surface area contributed by atoms with E-state index in [0.717, 1.165) is 4.47 Å². The van der Waals surface area contributed by atoms with Gasteiger partial charge in [0.05, 0.1) is 11.4 Å². The fourth-order valence-corrected chi connectivity index (χ4v) is 4.66. The van der Waals surface area contributed by atoms with Crippen LogP contribution in [0.25, 0.3) is 11.1 Å². The first-order valence-corrected chi connectivity index (χ1v) is 10.7. The van der Waals surface area contributed by atoms with Crippen molar-refractivity contribution in [2.45, 2.75) is 19.3 Å². The van der Waals surface area contributed by atoms with Crippen molar-refractivity contribution < 1.29 is 0 Å². The van der Waals surface area contributed by atoms with Gasteiger partial charge >= 0.3 is 0 Å². The zero-order valence-corrected chi connectivity index (χ0v) is 18.1. The first-order chi connectivity index (χ1) is 14.1. The number of rotatable bonds is 2. The zero-order chi connectivity index (χ0) is 20.0. The maximum atomic E-state index is 3.51. The topological polar surface area (TPSA) is 3.24 Å². The number of benzene rings is 4. The van der Waals surface area contributed by atoms with Crippen molar-refractivity contribution in [1.82, 2.24) is 0 Å². The number of fused-ring (bicyclic) bond motifs is 2. The molecular formula is C27H22BrN. The van der Waals surface area contributed by atoms with Gasteiger partial charge in [0.1, 0.15) is 0 Å². The number of anilines is 3. The summed E-state index contributed by atoms with van der Waals surface area (Å²) in [5.74, 6) is 0. The molecule has 0 unspecified atom stereocenters. The van der Waals surface area contributed by atoms with E-state index < -0.39 is 0 Å². The predicted molar refractivity (Wildman–Crippen MR) is 126 cm³/mol. The second kappa shape index (κ2) is 6.89. The highest BCUT2D eigenvalue weighted by molar-refractivity contribution is 9.10. The van der Waals surface area contributed by atoms with Gasteiger partial charge in [-0.1, -0.05) is 90.4 Å². The molecule has 1 nitrogen and oxygen atoms in total. The van der Waals surface area contributed by atoms with Gasteiger partial charge in [0.15, 0.2) is 0 Å². The fraction of sp³-hybridized carbons (Fsp3) is 0.111. The third kappa shape index (κ3) is 2.99. The minimum Gasteiger partial charge on any atom is -0.310 e. The Morgan fingerprint density at radius 2 is 1.03 bits per heavy atom. The molecule has 0 fully saturated rings. The molecule has 1 aliphatic rings. The molecule has 5 rings (SSSR count). The summed E-state index contributed by atoms with van der Waals surface area (Å²) in [5.41, 5.74) is 8.83. The summed E-state index contributed by atoms with van der Waals surface area (Å²) in [6, 6.07) is 34.9. The summed E-state index contributed by atoms with van der Waals surface area (Å²) in [7, 11) is 0. The van der Waals surface area contributed by atoms with Crippen LogP contribution < -0.4 is 4.90 Å². The standard InChI is InChI=1S/C27H22BrN/c1-27(2)23-7-3-5-9-25(23)29(26-10-6-4-8-24(26)27)22-17-13-20(14-18-22)19-11-15-21(28)16-12-19/h3-18H,1-2H3. The van der Waals surface area contributed by atoms with Crippen LogP contribution in [0.2, 0.25) is 0 Å². The second-order valence-corrected chi connectivity index (χ2v) is 8.96. The van der Waals surface area contributed by atoms with E-state index in [9.17, 15) is 0 Å². The number of para-hydroxylation sites is 2. The maximum absolute atomic E-state index is 3.51. The predicted octanol–water partition coefficient (Wildman–Crippen LogP) is 8.23. The number of hydrogen-bond donors (Lipinski definition) is 0. The van der Waals surface area contributed by atoms with E-state index in [-0.39, 0.29) is 5.41 Å². The van der Waals surface area contributed by atoms with Crippen LogP contribution in [0.15, 0.2) is 102 Å². The summed E-state index contributed by atoms with van der Waals surface area (Å²) in [6.45, 7) is 4.64. The molecule has 4 aromatic rings. The molecule has 2 heteroatoms. The quantitative estimate of drug-likeness (QED) is 0.304. The molecule has 0 N–H and O–H groups in total. The van der Waals surface area contributed by atoms with Crippen LogP contribution in [0.1, 0.15) is 25.0 Å². The summed E-state index contributed by atoms with van der Waals surface area (Å²) in [4.78, 5) is 2.39. The number of nitrogens with zero attached hydrogens (tertiary/aromatic N) is 1. The van der Waals surface area contributed by atoms with Crippen molar-refractivity contribution in [3.8, 4) is 11.1 Å². The van der Waals surface area contributed by atoms with Crippen molar-refractivity contribution in [3.63, 3.8) is 0 Å². The van der Waals surface area contributed by atoms with E-state index in [4.69, 9.17) is 0 Å². The van der Waals surface area contributed by atoms with Crippen molar-refractivity contribution in [2.75, 3.05) is 4.90 Å². The molecule has 0 radical (unpaired) electrons. The summed E-state index contributed by atoms with van der Waals surface area (Å²) in [6.07, 6.45) is 0. The third-order valence-electron chi connectivity index (χ3n) is 5.94. The van der Waals surface area contributed by atoms with E-state index >= 15 is 0 Å². The SMILES string of the molecule is CC1(C)c2ccccc2N(c2ccc(-c3ccc(Br)cc3)cc2)c2ccccc21. The van der Waals surface area contributed by atoms with Crippen LogP contribution in [0.3, 0.4) is 0 Å². The smallest absolute Gasteiger partial charge is 0.0502 e. The van der Waals surface area contributed by atoms with Crippen LogP contribution >= 0.6 is 15.9 Å². The minimum atomic E-state index is -0.0267. The lowest BCUT2D eigenvalue weighted by Crippen LogP contribution is -2.30. The van der Waals surface area contributed by atoms with Gasteiger partial charge in [-0.2, -0.15) is 0 Å². The van der Waals surface area contributed by atoms with Crippen molar-refractivity contribution in [3.05, 3.63) is 113 Å². The van der Waals surface area contributed by atoms with Crippen molar-refractivity contribution >= 4 is 33.0 Å². The van der Waals surface area contributed by atoms with Crippen LogP contribution in [0.4, 0.5) is 17.1 Å². The van der Waals surface area contributed by atoms with Crippen LogP contribution in [-0.4, -0.2) is 0 Å². The van der Waals surface area contributed by atoms with E-state index in [1.165, 1.54) is 39.3 Å². The molecule has 142 valence electrons. The fourth-order valence-electron chi connectivity index (χ4n) is 4.39. The Balaban J connectivity index is 1.64.